The molecule has 0 amide bonds. The molecule has 4 fully saturated rings. The van der Waals surface area contributed by atoms with E-state index in [1.54, 1.807) is 0 Å². The van der Waals surface area contributed by atoms with Gasteiger partial charge in [-0.15, -0.1) is 0 Å². The van der Waals surface area contributed by atoms with Crippen LogP contribution in [0.3, 0.4) is 0 Å². The zero-order chi connectivity index (χ0) is 12.7. The van der Waals surface area contributed by atoms with Crippen LogP contribution in [0.1, 0.15) is 39.0 Å². The molecule has 4 aliphatic rings. The van der Waals surface area contributed by atoms with E-state index in [0.29, 0.717) is 0 Å². The van der Waals surface area contributed by atoms with Crippen LogP contribution in [-0.2, 0) is 9.53 Å². The van der Waals surface area contributed by atoms with E-state index in [1.807, 2.05) is 6.92 Å². The monoisotopic (exact) mass is 251 g/mol. The standard InChI is InChI=1S/C15H25NO2/c1-10(15(17)18-2)9-12-3-4-13-11-5-7-16(8-6-11)14(12)13/h10-14H,3-9H2,1-2H3. The highest BCUT2D eigenvalue weighted by Crippen LogP contribution is 2.49. The maximum atomic E-state index is 11.6. The summed E-state index contributed by atoms with van der Waals surface area (Å²) >= 11 is 0. The van der Waals surface area contributed by atoms with Gasteiger partial charge in [-0.2, -0.15) is 0 Å². The molecule has 1 aliphatic carbocycles. The van der Waals surface area contributed by atoms with Gasteiger partial charge < -0.3 is 4.74 Å². The molecule has 3 heterocycles. The Bertz CT molecular complexity index is 322. The van der Waals surface area contributed by atoms with Crippen molar-refractivity contribution in [1.82, 2.24) is 4.90 Å². The Morgan fingerprint density at radius 2 is 2.00 bits per heavy atom. The molecule has 3 saturated heterocycles. The number of hydrogen-bond acceptors (Lipinski definition) is 3. The van der Waals surface area contributed by atoms with Gasteiger partial charge in [-0.3, -0.25) is 9.69 Å². The molecule has 2 bridgehead atoms. The Morgan fingerprint density at radius 1 is 1.28 bits per heavy atom. The molecule has 1 saturated carbocycles. The zero-order valence-corrected chi connectivity index (χ0v) is 11.6. The van der Waals surface area contributed by atoms with Gasteiger partial charge in [0.25, 0.3) is 0 Å². The summed E-state index contributed by atoms with van der Waals surface area (Å²) in [6.45, 7) is 4.62. The normalized spacial score (nSPS) is 43.6. The van der Waals surface area contributed by atoms with Crippen LogP contribution in [0.5, 0.6) is 0 Å². The molecule has 0 aromatic heterocycles. The van der Waals surface area contributed by atoms with Gasteiger partial charge in [0.15, 0.2) is 0 Å². The average Bonchev–Trinajstić information content (AvgIpc) is 2.85. The van der Waals surface area contributed by atoms with Crippen LogP contribution >= 0.6 is 0 Å². The van der Waals surface area contributed by atoms with Crippen LogP contribution in [0.25, 0.3) is 0 Å². The van der Waals surface area contributed by atoms with Crippen molar-refractivity contribution in [2.24, 2.45) is 23.7 Å². The van der Waals surface area contributed by atoms with Gasteiger partial charge in [0.1, 0.15) is 0 Å². The van der Waals surface area contributed by atoms with Gasteiger partial charge in [0, 0.05) is 6.04 Å². The fourth-order valence-electron chi connectivity index (χ4n) is 4.84. The maximum Gasteiger partial charge on any atom is 0.308 e. The molecular formula is C15H25NO2. The van der Waals surface area contributed by atoms with E-state index in [9.17, 15) is 4.79 Å². The van der Waals surface area contributed by atoms with Crippen molar-refractivity contribution in [2.45, 2.75) is 45.1 Å². The summed E-state index contributed by atoms with van der Waals surface area (Å²) in [6, 6.07) is 0.782. The number of carbonyl (C=O) groups excluding carboxylic acids is 1. The summed E-state index contributed by atoms with van der Waals surface area (Å²) in [5.41, 5.74) is 0. The molecule has 0 N–H and O–H groups in total. The molecule has 3 aliphatic heterocycles. The minimum Gasteiger partial charge on any atom is -0.469 e. The van der Waals surface area contributed by atoms with E-state index in [-0.39, 0.29) is 11.9 Å². The van der Waals surface area contributed by atoms with Crippen molar-refractivity contribution in [3.63, 3.8) is 0 Å². The third kappa shape index (κ3) is 1.97. The second-order valence-corrected chi connectivity index (χ2v) is 6.53. The first-order chi connectivity index (χ1) is 8.70. The SMILES string of the molecule is COC(=O)C(C)CC1CCC2C3CCN(CC3)C12. The van der Waals surface area contributed by atoms with Crippen LogP contribution in [0.2, 0.25) is 0 Å². The highest BCUT2D eigenvalue weighted by Gasteiger charge is 2.49. The van der Waals surface area contributed by atoms with Crippen LogP contribution in [0, 0.1) is 23.7 Å². The fourth-order valence-corrected chi connectivity index (χ4v) is 4.84. The van der Waals surface area contributed by atoms with Gasteiger partial charge in [-0.05, 0) is 62.9 Å². The van der Waals surface area contributed by atoms with Gasteiger partial charge in [0.2, 0.25) is 0 Å². The van der Waals surface area contributed by atoms with Crippen LogP contribution in [0.15, 0.2) is 0 Å². The van der Waals surface area contributed by atoms with Crippen LogP contribution in [0.4, 0.5) is 0 Å². The number of rotatable bonds is 3. The average molecular weight is 251 g/mol. The lowest BCUT2D eigenvalue weighted by Crippen LogP contribution is -2.54. The first-order valence-electron chi connectivity index (χ1n) is 7.52. The number of fused-ring (bicyclic) bond motifs is 2. The molecule has 0 aromatic rings. The van der Waals surface area contributed by atoms with Crippen LogP contribution < -0.4 is 0 Å². The minimum atomic E-state index is -0.0329. The van der Waals surface area contributed by atoms with E-state index in [4.69, 9.17) is 4.74 Å². The Kier molecular flexibility index (Phi) is 3.35. The lowest BCUT2D eigenvalue weighted by atomic mass is 9.73. The molecule has 18 heavy (non-hydrogen) atoms. The Labute approximate surface area is 110 Å². The number of hydrogen-bond donors (Lipinski definition) is 0. The lowest BCUT2D eigenvalue weighted by molar-refractivity contribution is -0.145. The molecule has 0 radical (unpaired) electrons. The van der Waals surface area contributed by atoms with Crippen molar-refractivity contribution in [1.29, 1.82) is 0 Å². The minimum absolute atomic E-state index is 0.0329. The first kappa shape index (κ1) is 12.5. The summed E-state index contributed by atoms with van der Waals surface area (Å²) < 4.78 is 4.87. The summed E-state index contributed by atoms with van der Waals surface area (Å²) in [6.07, 6.45) is 6.58. The van der Waals surface area contributed by atoms with Crippen molar-refractivity contribution in [2.75, 3.05) is 20.2 Å². The van der Waals surface area contributed by atoms with Gasteiger partial charge >= 0.3 is 5.97 Å². The quantitative estimate of drug-likeness (QED) is 0.721. The first-order valence-corrected chi connectivity index (χ1v) is 7.52. The molecule has 4 rings (SSSR count). The Balaban J connectivity index is 1.66. The van der Waals surface area contributed by atoms with Crippen molar-refractivity contribution in [3.8, 4) is 0 Å². The summed E-state index contributed by atoms with van der Waals surface area (Å²) in [4.78, 5) is 14.3. The largest absolute Gasteiger partial charge is 0.469 e. The van der Waals surface area contributed by atoms with Crippen LogP contribution in [-0.4, -0.2) is 37.1 Å². The second kappa shape index (κ2) is 4.84. The molecule has 3 nitrogen and oxygen atoms in total. The molecule has 4 atom stereocenters. The van der Waals surface area contributed by atoms with Crippen molar-refractivity contribution < 1.29 is 9.53 Å². The van der Waals surface area contributed by atoms with E-state index < -0.39 is 0 Å². The second-order valence-electron chi connectivity index (χ2n) is 6.53. The molecule has 4 unspecified atom stereocenters. The number of piperidine rings is 3. The molecule has 3 heteroatoms. The number of esters is 1. The van der Waals surface area contributed by atoms with Crippen molar-refractivity contribution in [3.05, 3.63) is 0 Å². The Hall–Kier alpha value is -0.570. The van der Waals surface area contributed by atoms with Crippen molar-refractivity contribution >= 4 is 5.97 Å². The summed E-state index contributed by atoms with van der Waals surface area (Å²) in [5.74, 6) is 2.68. The molecule has 0 spiro atoms. The highest BCUT2D eigenvalue weighted by atomic mass is 16.5. The smallest absolute Gasteiger partial charge is 0.308 e. The maximum absolute atomic E-state index is 11.6. The highest BCUT2D eigenvalue weighted by molar-refractivity contribution is 5.71. The molecular weight excluding hydrogens is 226 g/mol. The molecule has 0 aromatic carbocycles. The van der Waals surface area contributed by atoms with Gasteiger partial charge in [0.05, 0.1) is 13.0 Å². The Morgan fingerprint density at radius 3 is 2.67 bits per heavy atom. The summed E-state index contributed by atoms with van der Waals surface area (Å²) in [5, 5.41) is 0. The fraction of sp³-hybridized carbons (Fsp3) is 0.933. The molecule has 102 valence electrons. The van der Waals surface area contributed by atoms with E-state index in [0.717, 1.165) is 30.2 Å². The number of methoxy groups -OCH3 is 1. The van der Waals surface area contributed by atoms with Gasteiger partial charge in [-0.25, -0.2) is 0 Å². The topological polar surface area (TPSA) is 29.5 Å². The van der Waals surface area contributed by atoms with E-state index in [2.05, 4.69) is 4.90 Å². The number of nitrogens with zero attached hydrogens (tertiary/aromatic N) is 1. The third-order valence-electron chi connectivity index (χ3n) is 5.65. The number of carbonyl (C=O) groups is 1. The lowest BCUT2D eigenvalue weighted by Gasteiger charge is -2.50. The van der Waals surface area contributed by atoms with E-state index in [1.165, 1.54) is 45.9 Å². The van der Waals surface area contributed by atoms with Gasteiger partial charge in [-0.1, -0.05) is 6.92 Å². The number of ether oxygens (including phenoxy) is 1. The predicted molar refractivity (Wildman–Crippen MR) is 70.1 cm³/mol. The third-order valence-corrected chi connectivity index (χ3v) is 5.65. The summed E-state index contributed by atoms with van der Waals surface area (Å²) in [7, 11) is 1.50. The predicted octanol–water partition coefficient (Wildman–Crippen LogP) is 2.31. The van der Waals surface area contributed by atoms with E-state index >= 15 is 0 Å². The zero-order valence-electron chi connectivity index (χ0n) is 11.6.